The maximum absolute atomic E-state index is 12.3. The number of carbonyl (C=O) groups excluding carboxylic acids is 2. The Kier molecular flexibility index (Phi) is 4.50. The van der Waals surface area contributed by atoms with Crippen molar-refractivity contribution in [2.24, 2.45) is 5.92 Å². The van der Waals surface area contributed by atoms with Gasteiger partial charge in [0.2, 0.25) is 11.8 Å². The third-order valence-corrected chi connectivity index (χ3v) is 3.40. The molecule has 1 aliphatic heterocycles. The van der Waals surface area contributed by atoms with Crippen LogP contribution in [0, 0.1) is 5.92 Å². The highest BCUT2D eigenvalue weighted by molar-refractivity contribution is 9.10. The average molecular weight is 366 g/mol. The number of halogens is 4. The molecule has 0 aromatic carbocycles. The lowest BCUT2D eigenvalue weighted by atomic mass is 10.1. The number of nitrogens with zero attached hydrogens (tertiary/aromatic N) is 2. The first-order chi connectivity index (χ1) is 9.74. The number of pyridine rings is 1. The van der Waals surface area contributed by atoms with Crippen molar-refractivity contribution in [2.75, 3.05) is 18.4 Å². The summed E-state index contributed by atoms with van der Waals surface area (Å²) >= 11 is 3.19. The molecule has 1 N–H and O–H groups in total. The summed E-state index contributed by atoms with van der Waals surface area (Å²) in [6, 6.07) is 3.21. The molecule has 0 spiro atoms. The fraction of sp³-hybridized carbons (Fsp3) is 0.417. The van der Waals surface area contributed by atoms with E-state index in [1.165, 1.54) is 6.20 Å². The van der Waals surface area contributed by atoms with E-state index in [1.807, 2.05) is 0 Å². The minimum absolute atomic E-state index is 0.224. The van der Waals surface area contributed by atoms with Gasteiger partial charge in [0, 0.05) is 23.6 Å². The lowest BCUT2D eigenvalue weighted by Crippen LogP contribution is -2.36. The SMILES string of the molecule is O=C(Nc1ccc(Br)cn1)C1CC(=O)N(CC(F)(F)F)C1. The molecule has 2 rings (SSSR count). The van der Waals surface area contributed by atoms with Gasteiger partial charge < -0.3 is 10.2 Å². The fourth-order valence-electron chi connectivity index (χ4n) is 2.00. The number of alkyl halides is 3. The van der Waals surface area contributed by atoms with Crippen LogP contribution >= 0.6 is 15.9 Å². The zero-order chi connectivity index (χ0) is 15.6. The first kappa shape index (κ1) is 15.7. The number of hydrogen-bond donors (Lipinski definition) is 1. The van der Waals surface area contributed by atoms with Crippen LogP contribution in [-0.4, -0.2) is 41.0 Å². The molecule has 2 heterocycles. The summed E-state index contributed by atoms with van der Waals surface area (Å²) in [5, 5.41) is 2.48. The Hall–Kier alpha value is -1.64. The molecular weight excluding hydrogens is 355 g/mol. The van der Waals surface area contributed by atoms with Gasteiger partial charge in [-0.15, -0.1) is 0 Å². The third kappa shape index (κ3) is 4.42. The summed E-state index contributed by atoms with van der Waals surface area (Å²) in [5.41, 5.74) is 0. The van der Waals surface area contributed by atoms with Gasteiger partial charge in [-0.2, -0.15) is 13.2 Å². The predicted molar refractivity (Wildman–Crippen MR) is 71.3 cm³/mol. The van der Waals surface area contributed by atoms with E-state index in [1.54, 1.807) is 12.1 Å². The zero-order valence-corrected chi connectivity index (χ0v) is 12.2. The molecular formula is C12H11BrF3N3O2. The van der Waals surface area contributed by atoms with Crippen LogP contribution in [0.3, 0.4) is 0 Å². The Morgan fingerprint density at radius 2 is 2.19 bits per heavy atom. The molecule has 0 aliphatic carbocycles. The highest BCUT2D eigenvalue weighted by atomic mass is 79.9. The average Bonchev–Trinajstić information content (AvgIpc) is 2.72. The van der Waals surface area contributed by atoms with Crippen molar-refractivity contribution < 1.29 is 22.8 Å². The Labute approximate surface area is 126 Å². The second-order valence-corrected chi connectivity index (χ2v) is 5.56. The van der Waals surface area contributed by atoms with E-state index in [4.69, 9.17) is 0 Å². The second kappa shape index (κ2) is 6.00. The summed E-state index contributed by atoms with van der Waals surface area (Å²) in [6.07, 6.45) is -3.21. The summed E-state index contributed by atoms with van der Waals surface area (Å²) in [4.78, 5) is 28.0. The molecule has 1 saturated heterocycles. The molecule has 0 radical (unpaired) electrons. The van der Waals surface area contributed by atoms with Crippen molar-refractivity contribution in [3.8, 4) is 0 Å². The normalized spacial score (nSPS) is 19.0. The number of carbonyl (C=O) groups is 2. The van der Waals surface area contributed by atoms with Crippen LogP contribution in [-0.2, 0) is 9.59 Å². The van der Waals surface area contributed by atoms with E-state index in [9.17, 15) is 22.8 Å². The van der Waals surface area contributed by atoms with E-state index >= 15 is 0 Å². The Bertz CT molecular complexity index is 548. The molecule has 5 nitrogen and oxygen atoms in total. The standard InChI is InChI=1S/C12H11BrF3N3O2/c13-8-1-2-9(17-4-8)18-11(21)7-3-10(20)19(5-7)6-12(14,15)16/h1-2,4,7H,3,5-6H2,(H,17,18,21). The molecule has 2 amide bonds. The van der Waals surface area contributed by atoms with Gasteiger partial charge >= 0.3 is 6.18 Å². The highest BCUT2D eigenvalue weighted by Crippen LogP contribution is 2.24. The monoisotopic (exact) mass is 365 g/mol. The Morgan fingerprint density at radius 3 is 2.76 bits per heavy atom. The highest BCUT2D eigenvalue weighted by Gasteiger charge is 2.40. The summed E-state index contributed by atoms with van der Waals surface area (Å²) in [5.74, 6) is -1.70. The number of amides is 2. The van der Waals surface area contributed by atoms with Crippen LogP contribution in [0.2, 0.25) is 0 Å². The number of likely N-dealkylation sites (tertiary alicyclic amines) is 1. The van der Waals surface area contributed by atoms with Crippen molar-refractivity contribution in [2.45, 2.75) is 12.6 Å². The molecule has 1 aromatic heterocycles. The van der Waals surface area contributed by atoms with Crippen LogP contribution < -0.4 is 5.32 Å². The molecule has 1 unspecified atom stereocenters. The molecule has 1 atom stereocenters. The fourth-order valence-corrected chi connectivity index (χ4v) is 2.23. The van der Waals surface area contributed by atoms with E-state index in [-0.39, 0.29) is 18.8 Å². The van der Waals surface area contributed by atoms with Crippen molar-refractivity contribution in [1.82, 2.24) is 9.88 Å². The Balaban J connectivity index is 1.95. The number of anilines is 1. The minimum atomic E-state index is -4.46. The van der Waals surface area contributed by atoms with Crippen molar-refractivity contribution in [3.05, 3.63) is 22.8 Å². The molecule has 1 aliphatic rings. The van der Waals surface area contributed by atoms with E-state index in [2.05, 4.69) is 26.2 Å². The van der Waals surface area contributed by atoms with Gasteiger partial charge in [-0.3, -0.25) is 9.59 Å². The van der Waals surface area contributed by atoms with Gasteiger partial charge in [0.1, 0.15) is 12.4 Å². The molecule has 0 saturated carbocycles. The smallest absolute Gasteiger partial charge is 0.333 e. The topological polar surface area (TPSA) is 62.3 Å². The number of aromatic nitrogens is 1. The molecule has 21 heavy (non-hydrogen) atoms. The molecule has 114 valence electrons. The van der Waals surface area contributed by atoms with Gasteiger partial charge in [-0.25, -0.2) is 4.98 Å². The molecule has 1 aromatic rings. The van der Waals surface area contributed by atoms with Gasteiger partial charge in [-0.05, 0) is 28.1 Å². The lowest BCUT2D eigenvalue weighted by molar-refractivity contribution is -0.157. The van der Waals surface area contributed by atoms with Gasteiger partial charge in [0.15, 0.2) is 0 Å². The van der Waals surface area contributed by atoms with Gasteiger partial charge in [-0.1, -0.05) is 0 Å². The predicted octanol–water partition coefficient (Wildman–Crippen LogP) is 2.19. The number of hydrogen-bond acceptors (Lipinski definition) is 3. The second-order valence-electron chi connectivity index (χ2n) is 4.64. The number of nitrogens with one attached hydrogen (secondary N) is 1. The van der Waals surface area contributed by atoms with Crippen molar-refractivity contribution >= 4 is 33.6 Å². The maximum atomic E-state index is 12.3. The number of rotatable bonds is 3. The largest absolute Gasteiger partial charge is 0.406 e. The minimum Gasteiger partial charge on any atom is -0.333 e. The molecule has 9 heteroatoms. The van der Waals surface area contributed by atoms with Crippen LogP contribution in [0.5, 0.6) is 0 Å². The lowest BCUT2D eigenvalue weighted by Gasteiger charge is -2.18. The van der Waals surface area contributed by atoms with Crippen LogP contribution in [0.1, 0.15) is 6.42 Å². The summed E-state index contributed by atoms with van der Waals surface area (Å²) < 4.78 is 37.6. The zero-order valence-electron chi connectivity index (χ0n) is 10.7. The quantitative estimate of drug-likeness (QED) is 0.892. The van der Waals surface area contributed by atoms with Crippen molar-refractivity contribution in [1.29, 1.82) is 0 Å². The first-order valence-electron chi connectivity index (χ1n) is 6.01. The first-order valence-corrected chi connectivity index (χ1v) is 6.81. The maximum Gasteiger partial charge on any atom is 0.406 e. The van der Waals surface area contributed by atoms with Gasteiger partial charge in [0.05, 0.1) is 5.92 Å². The molecule has 0 bridgehead atoms. The van der Waals surface area contributed by atoms with E-state index < -0.39 is 30.5 Å². The third-order valence-electron chi connectivity index (χ3n) is 2.93. The Morgan fingerprint density at radius 1 is 1.48 bits per heavy atom. The van der Waals surface area contributed by atoms with Gasteiger partial charge in [0.25, 0.3) is 0 Å². The van der Waals surface area contributed by atoms with Crippen molar-refractivity contribution in [3.63, 3.8) is 0 Å². The summed E-state index contributed by atoms with van der Waals surface area (Å²) in [6.45, 7) is -1.56. The summed E-state index contributed by atoms with van der Waals surface area (Å²) in [7, 11) is 0. The van der Waals surface area contributed by atoms with Crippen LogP contribution in [0.15, 0.2) is 22.8 Å². The van der Waals surface area contributed by atoms with Crippen LogP contribution in [0.25, 0.3) is 0 Å². The van der Waals surface area contributed by atoms with E-state index in [0.717, 1.165) is 4.47 Å². The van der Waals surface area contributed by atoms with E-state index in [0.29, 0.717) is 4.90 Å². The van der Waals surface area contributed by atoms with Crippen LogP contribution in [0.4, 0.5) is 19.0 Å². The molecule has 1 fully saturated rings.